The Morgan fingerprint density at radius 2 is 1.63 bits per heavy atom. The van der Waals surface area contributed by atoms with Gasteiger partial charge in [-0.2, -0.15) is 0 Å². The van der Waals surface area contributed by atoms with Crippen molar-refractivity contribution in [3.8, 4) is 0 Å². The van der Waals surface area contributed by atoms with Crippen molar-refractivity contribution in [2.75, 3.05) is 26.2 Å². The fourth-order valence-electron chi connectivity index (χ4n) is 2.55. The maximum atomic E-state index is 12.3. The molecule has 0 aliphatic carbocycles. The van der Waals surface area contributed by atoms with Gasteiger partial charge in [0.1, 0.15) is 5.60 Å². The summed E-state index contributed by atoms with van der Waals surface area (Å²) in [6, 6.07) is 7.10. The maximum absolute atomic E-state index is 12.3. The number of nitrogens with one attached hydrogen (secondary N) is 1. The summed E-state index contributed by atoms with van der Waals surface area (Å²) >= 11 is 0. The second-order valence-electron chi connectivity index (χ2n) is 7.32. The van der Waals surface area contributed by atoms with Crippen LogP contribution in [0.3, 0.4) is 0 Å². The second kappa shape index (κ2) is 8.61. The molecule has 27 heavy (non-hydrogen) atoms. The third kappa shape index (κ3) is 6.69. The fourth-order valence-corrected chi connectivity index (χ4v) is 2.55. The van der Waals surface area contributed by atoms with Crippen molar-refractivity contribution < 1.29 is 14.3 Å². The zero-order chi connectivity index (χ0) is 20.0. The highest BCUT2D eigenvalue weighted by molar-refractivity contribution is 5.79. The van der Waals surface area contributed by atoms with E-state index in [0.29, 0.717) is 38.4 Å². The number of amides is 3. The van der Waals surface area contributed by atoms with Crippen LogP contribution in [0.5, 0.6) is 0 Å². The molecule has 1 heterocycles. The number of urea groups is 1. The van der Waals surface area contributed by atoms with Gasteiger partial charge in [-0.05, 0) is 38.5 Å². The summed E-state index contributed by atoms with van der Waals surface area (Å²) in [5.41, 5.74) is 11.7. The van der Waals surface area contributed by atoms with Gasteiger partial charge < -0.3 is 31.3 Å². The molecule has 3 amide bonds. The number of guanidine groups is 1. The van der Waals surface area contributed by atoms with E-state index in [2.05, 4.69) is 10.3 Å². The number of ether oxygens (including phenoxy) is 1. The number of hydrogen-bond donors (Lipinski definition) is 3. The Morgan fingerprint density at radius 3 is 2.15 bits per heavy atom. The zero-order valence-corrected chi connectivity index (χ0v) is 16.1. The van der Waals surface area contributed by atoms with Crippen LogP contribution in [-0.2, 0) is 11.3 Å². The Morgan fingerprint density at radius 1 is 1.07 bits per heavy atom. The molecular weight excluding hydrogens is 348 g/mol. The SMILES string of the molecule is CC(C)(C)OC(=O)N1CCN(C(=O)NCc2ccc(N=C(N)N)cc2)CC1. The van der Waals surface area contributed by atoms with Gasteiger partial charge in [-0.15, -0.1) is 0 Å². The molecule has 2 rings (SSSR count). The minimum absolute atomic E-state index is 0.00146. The highest BCUT2D eigenvalue weighted by Crippen LogP contribution is 2.13. The number of carbonyl (C=O) groups excluding carboxylic acids is 2. The summed E-state index contributed by atoms with van der Waals surface area (Å²) in [6.07, 6.45) is -0.344. The molecule has 1 saturated heterocycles. The van der Waals surface area contributed by atoms with Crippen LogP contribution in [-0.4, -0.2) is 59.7 Å². The third-order valence-corrected chi connectivity index (χ3v) is 3.86. The van der Waals surface area contributed by atoms with Crippen LogP contribution in [0.15, 0.2) is 29.3 Å². The lowest BCUT2D eigenvalue weighted by atomic mass is 10.2. The number of hydrogen-bond acceptors (Lipinski definition) is 4. The standard InChI is InChI=1S/C18H28N6O3/c1-18(2,3)27-17(26)24-10-8-23(9-11-24)16(25)21-12-13-4-6-14(7-5-13)22-15(19)20/h4-7H,8-12H2,1-3H3,(H,21,25)(H4,19,20,22). The van der Waals surface area contributed by atoms with Crippen LogP contribution in [0.2, 0.25) is 0 Å². The van der Waals surface area contributed by atoms with Crippen molar-refractivity contribution in [3.05, 3.63) is 29.8 Å². The molecule has 1 aromatic rings. The van der Waals surface area contributed by atoms with Gasteiger partial charge in [0.25, 0.3) is 0 Å². The van der Waals surface area contributed by atoms with Crippen LogP contribution < -0.4 is 16.8 Å². The highest BCUT2D eigenvalue weighted by Gasteiger charge is 2.27. The molecule has 0 radical (unpaired) electrons. The first kappa shape index (κ1) is 20.3. The van der Waals surface area contributed by atoms with Gasteiger partial charge in [0.2, 0.25) is 0 Å². The zero-order valence-electron chi connectivity index (χ0n) is 16.1. The molecule has 5 N–H and O–H groups in total. The minimum Gasteiger partial charge on any atom is -0.444 e. The van der Waals surface area contributed by atoms with Crippen molar-refractivity contribution in [2.45, 2.75) is 32.9 Å². The molecule has 0 unspecified atom stereocenters. The van der Waals surface area contributed by atoms with Crippen LogP contribution >= 0.6 is 0 Å². The van der Waals surface area contributed by atoms with Gasteiger partial charge in [0.05, 0.1) is 5.69 Å². The summed E-state index contributed by atoms with van der Waals surface area (Å²) < 4.78 is 5.35. The molecule has 9 heteroatoms. The molecule has 0 spiro atoms. The third-order valence-electron chi connectivity index (χ3n) is 3.86. The summed E-state index contributed by atoms with van der Waals surface area (Å²) in [7, 11) is 0. The van der Waals surface area contributed by atoms with E-state index in [-0.39, 0.29) is 18.1 Å². The summed E-state index contributed by atoms with van der Waals surface area (Å²) in [5.74, 6) is 0.00146. The van der Waals surface area contributed by atoms with Crippen molar-refractivity contribution in [2.24, 2.45) is 16.5 Å². The first-order chi connectivity index (χ1) is 12.6. The van der Waals surface area contributed by atoms with Crippen molar-refractivity contribution >= 4 is 23.8 Å². The van der Waals surface area contributed by atoms with E-state index in [9.17, 15) is 9.59 Å². The fraction of sp³-hybridized carbons (Fsp3) is 0.500. The van der Waals surface area contributed by atoms with Gasteiger partial charge in [-0.25, -0.2) is 14.6 Å². The van der Waals surface area contributed by atoms with Gasteiger partial charge in [0.15, 0.2) is 5.96 Å². The maximum Gasteiger partial charge on any atom is 0.410 e. The van der Waals surface area contributed by atoms with Crippen LogP contribution in [0, 0.1) is 0 Å². The quantitative estimate of drug-likeness (QED) is 0.542. The van der Waals surface area contributed by atoms with Gasteiger partial charge >= 0.3 is 12.1 Å². The number of rotatable bonds is 3. The van der Waals surface area contributed by atoms with Crippen molar-refractivity contribution in [1.29, 1.82) is 0 Å². The van der Waals surface area contributed by atoms with Crippen LogP contribution in [0.25, 0.3) is 0 Å². The van der Waals surface area contributed by atoms with E-state index in [1.807, 2.05) is 32.9 Å². The highest BCUT2D eigenvalue weighted by atomic mass is 16.6. The molecule has 1 fully saturated rings. The van der Waals surface area contributed by atoms with E-state index in [1.165, 1.54) is 0 Å². The monoisotopic (exact) mass is 376 g/mol. The van der Waals surface area contributed by atoms with Crippen LogP contribution in [0.4, 0.5) is 15.3 Å². The topological polar surface area (TPSA) is 126 Å². The van der Waals surface area contributed by atoms with E-state index in [1.54, 1.807) is 21.9 Å². The molecule has 148 valence electrons. The molecule has 1 aliphatic heterocycles. The van der Waals surface area contributed by atoms with Crippen molar-refractivity contribution in [3.63, 3.8) is 0 Å². The Labute approximate surface area is 159 Å². The number of nitrogens with two attached hydrogens (primary N) is 2. The molecule has 1 aromatic carbocycles. The Hall–Kier alpha value is -2.97. The largest absolute Gasteiger partial charge is 0.444 e. The van der Waals surface area contributed by atoms with Crippen LogP contribution in [0.1, 0.15) is 26.3 Å². The molecule has 1 aliphatic rings. The Balaban J connectivity index is 1.78. The average molecular weight is 376 g/mol. The number of aliphatic imine (C=N–C) groups is 1. The average Bonchev–Trinajstić information content (AvgIpc) is 2.59. The Kier molecular flexibility index (Phi) is 6.49. The second-order valence-corrected chi connectivity index (χ2v) is 7.32. The van der Waals surface area contributed by atoms with E-state index < -0.39 is 5.60 Å². The predicted molar refractivity (Wildman–Crippen MR) is 104 cm³/mol. The molecule has 0 bridgehead atoms. The van der Waals surface area contributed by atoms with Gasteiger partial charge in [0, 0.05) is 32.7 Å². The van der Waals surface area contributed by atoms with Gasteiger partial charge in [-0.3, -0.25) is 0 Å². The first-order valence-electron chi connectivity index (χ1n) is 8.83. The molecule has 0 atom stereocenters. The molecule has 9 nitrogen and oxygen atoms in total. The Bertz CT molecular complexity index is 684. The first-order valence-corrected chi connectivity index (χ1v) is 8.83. The lowest BCUT2D eigenvalue weighted by Gasteiger charge is -2.35. The smallest absolute Gasteiger partial charge is 0.410 e. The normalized spacial score (nSPS) is 14.5. The molecular formula is C18H28N6O3. The summed E-state index contributed by atoms with van der Waals surface area (Å²) in [4.78, 5) is 31.6. The van der Waals surface area contributed by atoms with E-state index in [0.717, 1.165) is 5.56 Å². The molecule has 0 saturated carbocycles. The van der Waals surface area contributed by atoms with E-state index >= 15 is 0 Å². The lowest BCUT2D eigenvalue weighted by molar-refractivity contribution is 0.0170. The molecule has 0 aromatic heterocycles. The summed E-state index contributed by atoms with van der Waals surface area (Å²) in [5, 5.41) is 2.88. The number of piperazine rings is 1. The minimum atomic E-state index is -0.525. The predicted octanol–water partition coefficient (Wildman–Crippen LogP) is 1.35. The van der Waals surface area contributed by atoms with E-state index in [4.69, 9.17) is 16.2 Å². The summed E-state index contributed by atoms with van der Waals surface area (Å²) in [6.45, 7) is 7.73. The number of benzene rings is 1. The lowest BCUT2D eigenvalue weighted by Crippen LogP contribution is -2.53. The van der Waals surface area contributed by atoms with Gasteiger partial charge in [-0.1, -0.05) is 12.1 Å². The number of carbonyl (C=O) groups is 2. The number of nitrogens with zero attached hydrogens (tertiary/aromatic N) is 3. The van der Waals surface area contributed by atoms with Crippen molar-refractivity contribution in [1.82, 2.24) is 15.1 Å².